The highest BCUT2D eigenvalue weighted by atomic mass is 16.5. The van der Waals surface area contributed by atoms with Crippen LogP contribution in [-0.2, 0) is 4.79 Å². The number of hydrogen-bond acceptors (Lipinski definition) is 4. The van der Waals surface area contributed by atoms with Gasteiger partial charge in [0.15, 0.2) is 11.5 Å². The number of carbonyl (C=O) groups excluding carboxylic acids is 1. The Bertz CT molecular complexity index is 590. The Balaban J connectivity index is 1.79. The highest BCUT2D eigenvalue weighted by Crippen LogP contribution is 2.38. The lowest BCUT2D eigenvalue weighted by atomic mass is 9.91. The summed E-state index contributed by atoms with van der Waals surface area (Å²) in [5, 5.41) is 3.43. The third-order valence-electron chi connectivity index (χ3n) is 5.30. The summed E-state index contributed by atoms with van der Waals surface area (Å²) in [4.78, 5) is 15.1. The first-order valence-electron chi connectivity index (χ1n) is 8.89. The van der Waals surface area contributed by atoms with Crippen molar-refractivity contribution in [2.24, 2.45) is 5.92 Å². The molecule has 2 aliphatic rings. The first kappa shape index (κ1) is 17.1. The summed E-state index contributed by atoms with van der Waals surface area (Å²) >= 11 is 0. The second-order valence-corrected chi connectivity index (χ2v) is 6.88. The second kappa shape index (κ2) is 7.43. The van der Waals surface area contributed by atoms with Crippen LogP contribution in [0.4, 0.5) is 0 Å². The number of nitrogens with zero attached hydrogens (tertiary/aromatic N) is 1. The van der Waals surface area contributed by atoms with Crippen LogP contribution in [0.3, 0.4) is 0 Å². The highest BCUT2D eigenvalue weighted by molar-refractivity contribution is 5.80. The first-order chi connectivity index (χ1) is 11.6. The number of methoxy groups -OCH3 is 2. The molecule has 0 aliphatic carbocycles. The fourth-order valence-electron chi connectivity index (χ4n) is 4.03. The maximum Gasteiger partial charge on any atom is 0.226 e. The zero-order chi connectivity index (χ0) is 17.1. The number of benzene rings is 1. The van der Waals surface area contributed by atoms with E-state index in [0.29, 0.717) is 11.9 Å². The normalized spacial score (nSPS) is 27.1. The monoisotopic (exact) mass is 332 g/mol. The third-order valence-corrected chi connectivity index (χ3v) is 5.30. The van der Waals surface area contributed by atoms with Gasteiger partial charge < -0.3 is 19.7 Å². The van der Waals surface area contributed by atoms with Crippen LogP contribution < -0.4 is 14.8 Å². The zero-order valence-electron chi connectivity index (χ0n) is 14.9. The van der Waals surface area contributed by atoms with Gasteiger partial charge in [-0.15, -0.1) is 0 Å². The molecule has 132 valence electrons. The molecule has 0 radical (unpaired) electrons. The Kier molecular flexibility index (Phi) is 5.29. The Morgan fingerprint density at radius 2 is 2.00 bits per heavy atom. The minimum absolute atomic E-state index is 0.155. The third kappa shape index (κ3) is 3.36. The summed E-state index contributed by atoms with van der Waals surface area (Å²) in [6, 6.07) is 6.59. The Labute approximate surface area is 144 Å². The Morgan fingerprint density at radius 1 is 1.21 bits per heavy atom. The Hall–Kier alpha value is -1.75. The van der Waals surface area contributed by atoms with Crippen molar-refractivity contribution in [1.29, 1.82) is 0 Å². The van der Waals surface area contributed by atoms with Gasteiger partial charge in [0.2, 0.25) is 5.91 Å². The van der Waals surface area contributed by atoms with Gasteiger partial charge in [-0.25, -0.2) is 0 Å². The number of hydrogen-bond donors (Lipinski definition) is 1. The van der Waals surface area contributed by atoms with Crippen molar-refractivity contribution in [3.05, 3.63) is 23.8 Å². The van der Waals surface area contributed by atoms with E-state index in [1.165, 1.54) is 0 Å². The molecule has 2 aliphatic heterocycles. The van der Waals surface area contributed by atoms with Crippen LogP contribution in [0.1, 0.15) is 44.2 Å². The predicted octanol–water partition coefficient (Wildman–Crippen LogP) is 2.76. The van der Waals surface area contributed by atoms with Crippen LogP contribution >= 0.6 is 0 Å². The van der Waals surface area contributed by atoms with Gasteiger partial charge in [0.25, 0.3) is 0 Å². The van der Waals surface area contributed by atoms with Crippen molar-refractivity contribution in [1.82, 2.24) is 10.2 Å². The van der Waals surface area contributed by atoms with E-state index in [9.17, 15) is 4.79 Å². The van der Waals surface area contributed by atoms with Gasteiger partial charge >= 0.3 is 0 Å². The molecule has 3 atom stereocenters. The van der Waals surface area contributed by atoms with E-state index in [1.54, 1.807) is 14.2 Å². The van der Waals surface area contributed by atoms with E-state index >= 15 is 0 Å². The molecule has 3 rings (SSSR count). The van der Waals surface area contributed by atoms with Crippen molar-refractivity contribution in [3.63, 3.8) is 0 Å². The molecule has 24 heavy (non-hydrogen) atoms. The fourth-order valence-corrected chi connectivity index (χ4v) is 4.03. The van der Waals surface area contributed by atoms with E-state index in [0.717, 1.165) is 55.8 Å². The van der Waals surface area contributed by atoms with Gasteiger partial charge in [-0.1, -0.05) is 6.07 Å². The molecule has 0 bridgehead atoms. The largest absolute Gasteiger partial charge is 0.493 e. The summed E-state index contributed by atoms with van der Waals surface area (Å²) in [6.45, 7) is 3.96. The molecule has 0 aromatic heterocycles. The molecule has 1 aromatic carbocycles. The minimum atomic E-state index is 0.155. The maximum atomic E-state index is 13.0. The van der Waals surface area contributed by atoms with Crippen molar-refractivity contribution in [2.45, 2.75) is 44.7 Å². The molecule has 1 unspecified atom stereocenters. The number of ether oxygens (including phenoxy) is 2. The number of carbonyl (C=O) groups is 1. The number of likely N-dealkylation sites (tertiary alicyclic amines) is 1. The number of nitrogens with one attached hydrogen (secondary N) is 1. The van der Waals surface area contributed by atoms with E-state index in [4.69, 9.17) is 9.47 Å². The van der Waals surface area contributed by atoms with Crippen molar-refractivity contribution >= 4 is 5.91 Å². The van der Waals surface area contributed by atoms with Crippen LogP contribution in [0.25, 0.3) is 0 Å². The minimum Gasteiger partial charge on any atom is -0.493 e. The van der Waals surface area contributed by atoms with E-state index < -0.39 is 0 Å². The van der Waals surface area contributed by atoms with Gasteiger partial charge in [-0.3, -0.25) is 4.79 Å². The molecule has 2 heterocycles. The summed E-state index contributed by atoms with van der Waals surface area (Å²) in [7, 11) is 3.29. The molecule has 5 nitrogen and oxygen atoms in total. The van der Waals surface area contributed by atoms with E-state index in [2.05, 4.69) is 23.2 Å². The standard InChI is InChI=1S/C19H28N2O3/c1-13-11-15(8-9-20-13)19(22)21-10-4-5-16(21)14-6-7-17(23-2)18(12-14)24-3/h6-7,12-13,15-16,20H,4-5,8-11H2,1-3H3/t13-,15-,16?/m0/s1. The highest BCUT2D eigenvalue weighted by Gasteiger charge is 2.35. The topological polar surface area (TPSA) is 50.8 Å². The van der Waals surface area contributed by atoms with Crippen LogP contribution in [0.2, 0.25) is 0 Å². The van der Waals surface area contributed by atoms with E-state index in [1.807, 2.05) is 12.1 Å². The quantitative estimate of drug-likeness (QED) is 0.921. The Morgan fingerprint density at radius 3 is 2.71 bits per heavy atom. The number of piperidine rings is 1. The lowest BCUT2D eigenvalue weighted by molar-refractivity contribution is -0.137. The van der Waals surface area contributed by atoms with E-state index in [-0.39, 0.29) is 12.0 Å². The molecular formula is C19H28N2O3. The molecule has 2 fully saturated rings. The van der Waals surface area contributed by atoms with Crippen LogP contribution in [-0.4, -0.2) is 44.2 Å². The fraction of sp³-hybridized carbons (Fsp3) is 0.632. The maximum absolute atomic E-state index is 13.0. The number of rotatable bonds is 4. The lowest BCUT2D eigenvalue weighted by Gasteiger charge is -2.33. The molecule has 5 heteroatoms. The van der Waals surface area contributed by atoms with Crippen LogP contribution in [0.15, 0.2) is 18.2 Å². The van der Waals surface area contributed by atoms with Gasteiger partial charge in [-0.2, -0.15) is 0 Å². The summed E-state index contributed by atoms with van der Waals surface area (Å²) in [5.41, 5.74) is 1.14. The smallest absolute Gasteiger partial charge is 0.226 e. The predicted molar refractivity (Wildman–Crippen MR) is 93.4 cm³/mol. The number of amides is 1. The zero-order valence-corrected chi connectivity index (χ0v) is 14.9. The first-order valence-corrected chi connectivity index (χ1v) is 8.89. The summed E-state index contributed by atoms with van der Waals surface area (Å²) in [6.07, 6.45) is 3.96. The lowest BCUT2D eigenvalue weighted by Crippen LogP contribution is -2.44. The van der Waals surface area contributed by atoms with Crippen molar-refractivity contribution in [3.8, 4) is 11.5 Å². The summed E-state index contributed by atoms with van der Waals surface area (Å²) < 4.78 is 10.7. The average Bonchev–Trinajstić information content (AvgIpc) is 3.10. The van der Waals surface area contributed by atoms with Crippen molar-refractivity contribution < 1.29 is 14.3 Å². The molecule has 1 aromatic rings. The molecule has 0 spiro atoms. The van der Waals surface area contributed by atoms with Gasteiger partial charge in [0.1, 0.15) is 0 Å². The molecule has 1 N–H and O–H groups in total. The SMILES string of the molecule is COc1ccc(C2CCCN2C(=O)[C@H]2CCN[C@@H](C)C2)cc1OC. The van der Waals surface area contributed by atoms with Crippen molar-refractivity contribution in [2.75, 3.05) is 27.3 Å². The van der Waals surface area contributed by atoms with Gasteiger partial charge in [0.05, 0.1) is 20.3 Å². The summed E-state index contributed by atoms with van der Waals surface area (Å²) in [5.74, 6) is 1.93. The van der Waals surface area contributed by atoms with Gasteiger partial charge in [-0.05, 0) is 56.8 Å². The molecule has 1 amide bonds. The molecule has 0 saturated carbocycles. The average molecular weight is 332 g/mol. The van der Waals surface area contributed by atoms with Crippen LogP contribution in [0.5, 0.6) is 11.5 Å². The molecular weight excluding hydrogens is 304 g/mol. The molecule has 2 saturated heterocycles. The van der Waals surface area contributed by atoms with Gasteiger partial charge in [0, 0.05) is 18.5 Å². The second-order valence-electron chi connectivity index (χ2n) is 6.88. The van der Waals surface area contributed by atoms with Crippen LogP contribution in [0, 0.1) is 5.92 Å².